The highest BCUT2D eigenvalue weighted by atomic mass is 35.5. The second kappa shape index (κ2) is 5.06. The number of sulfone groups is 1. The molecule has 0 aromatic heterocycles. The molecule has 0 radical (unpaired) electrons. The predicted octanol–water partition coefficient (Wildman–Crippen LogP) is 2.88. The van der Waals surface area contributed by atoms with E-state index in [0.29, 0.717) is 18.5 Å². The van der Waals surface area contributed by atoms with Crippen molar-refractivity contribution in [2.75, 3.05) is 5.73 Å². The van der Waals surface area contributed by atoms with Gasteiger partial charge in [-0.15, -0.1) is 0 Å². The summed E-state index contributed by atoms with van der Waals surface area (Å²) in [6.07, 6.45) is 1.17. The van der Waals surface area contributed by atoms with Crippen molar-refractivity contribution in [1.82, 2.24) is 0 Å². The molecular formula is C11H16ClNO2S. The lowest BCUT2D eigenvalue weighted by atomic mass is 10.3. The van der Waals surface area contributed by atoms with Gasteiger partial charge in [-0.2, -0.15) is 0 Å². The van der Waals surface area contributed by atoms with Crippen molar-refractivity contribution in [3.05, 3.63) is 23.2 Å². The van der Waals surface area contributed by atoms with Crippen LogP contribution in [0.25, 0.3) is 0 Å². The lowest BCUT2D eigenvalue weighted by molar-refractivity contribution is 0.571. The van der Waals surface area contributed by atoms with E-state index in [9.17, 15) is 8.42 Å². The van der Waals surface area contributed by atoms with E-state index in [1.54, 1.807) is 6.07 Å². The Morgan fingerprint density at radius 2 is 1.88 bits per heavy atom. The minimum Gasteiger partial charge on any atom is -0.399 e. The van der Waals surface area contributed by atoms with E-state index in [-0.39, 0.29) is 15.2 Å². The predicted molar refractivity (Wildman–Crippen MR) is 67.4 cm³/mol. The summed E-state index contributed by atoms with van der Waals surface area (Å²) in [6.45, 7) is 3.72. The Morgan fingerprint density at radius 3 is 2.31 bits per heavy atom. The molecular weight excluding hydrogens is 246 g/mol. The van der Waals surface area contributed by atoms with E-state index in [4.69, 9.17) is 17.3 Å². The molecule has 0 aliphatic heterocycles. The summed E-state index contributed by atoms with van der Waals surface area (Å²) in [5.41, 5.74) is 6.00. The first-order valence-electron chi connectivity index (χ1n) is 5.22. The van der Waals surface area contributed by atoms with Crippen LogP contribution in [0, 0.1) is 0 Å². The highest BCUT2D eigenvalue weighted by molar-refractivity contribution is 7.92. The maximum absolute atomic E-state index is 12.2. The third kappa shape index (κ3) is 2.50. The fraction of sp³-hybridized carbons (Fsp3) is 0.455. The molecule has 0 aliphatic carbocycles. The van der Waals surface area contributed by atoms with Crippen LogP contribution in [0.15, 0.2) is 23.1 Å². The topological polar surface area (TPSA) is 60.2 Å². The SMILES string of the molecule is CCC(CC)S(=O)(=O)c1ccc(N)cc1Cl. The minimum absolute atomic E-state index is 0.178. The quantitative estimate of drug-likeness (QED) is 0.848. The van der Waals surface area contributed by atoms with Gasteiger partial charge >= 0.3 is 0 Å². The van der Waals surface area contributed by atoms with E-state index < -0.39 is 9.84 Å². The lowest BCUT2D eigenvalue weighted by Crippen LogP contribution is -2.20. The Bertz CT molecular complexity index is 467. The minimum atomic E-state index is -3.34. The van der Waals surface area contributed by atoms with Gasteiger partial charge in [-0.1, -0.05) is 25.4 Å². The van der Waals surface area contributed by atoms with E-state index in [1.165, 1.54) is 12.1 Å². The molecule has 1 aromatic rings. The lowest BCUT2D eigenvalue weighted by Gasteiger charge is -2.15. The number of nitrogens with two attached hydrogens (primary N) is 1. The van der Waals surface area contributed by atoms with Gasteiger partial charge in [-0.05, 0) is 31.0 Å². The maximum atomic E-state index is 12.2. The van der Waals surface area contributed by atoms with Crippen molar-refractivity contribution in [3.8, 4) is 0 Å². The molecule has 1 rings (SSSR count). The first-order valence-corrected chi connectivity index (χ1v) is 7.14. The van der Waals surface area contributed by atoms with Gasteiger partial charge in [0.05, 0.1) is 15.2 Å². The maximum Gasteiger partial charge on any atom is 0.182 e. The second-order valence-corrected chi connectivity index (χ2v) is 6.28. The number of halogens is 1. The van der Waals surface area contributed by atoms with E-state index in [2.05, 4.69) is 0 Å². The number of rotatable bonds is 4. The summed E-state index contributed by atoms with van der Waals surface area (Å²) < 4.78 is 24.4. The van der Waals surface area contributed by atoms with Crippen LogP contribution in [-0.4, -0.2) is 13.7 Å². The molecule has 5 heteroatoms. The third-order valence-corrected chi connectivity index (χ3v) is 5.55. The van der Waals surface area contributed by atoms with Gasteiger partial charge in [0.2, 0.25) is 0 Å². The van der Waals surface area contributed by atoms with Crippen LogP contribution in [0.3, 0.4) is 0 Å². The number of benzene rings is 1. The van der Waals surface area contributed by atoms with Gasteiger partial charge in [-0.3, -0.25) is 0 Å². The van der Waals surface area contributed by atoms with E-state index in [0.717, 1.165) is 0 Å². The van der Waals surface area contributed by atoms with E-state index >= 15 is 0 Å². The Hall–Kier alpha value is -0.740. The van der Waals surface area contributed by atoms with Crippen molar-refractivity contribution in [2.45, 2.75) is 36.8 Å². The van der Waals surface area contributed by atoms with Crippen LogP contribution in [0.1, 0.15) is 26.7 Å². The molecule has 0 saturated carbocycles. The zero-order valence-corrected chi connectivity index (χ0v) is 11.0. The van der Waals surface area contributed by atoms with Crippen LogP contribution in [0.4, 0.5) is 5.69 Å². The second-order valence-electron chi connectivity index (χ2n) is 3.67. The number of anilines is 1. The summed E-state index contributed by atoms with van der Waals surface area (Å²) in [5.74, 6) is 0. The summed E-state index contributed by atoms with van der Waals surface area (Å²) in [6, 6.07) is 4.50. The number of nitrogen functional groups attached to an aromatic ring is 1. The summed E-state index contributed by atoms with van der Waals surface area (Å²) >= 11 is 5.91. The zero-order chi connectivity index (χ0) is 12.3. The Labute approximate surface area is 102 Å². The normalized spacial score (nSPS) is 12.0. The molecule has 1 aromatic carbocycles. The van der Waals surface area contributed by atoms with Gasteiger partial charge in [0, 0.05) is 5.69 Å². The van der Waals surface area contributed by atoms with Gasteiger partial charge < -0.3 is 5.73 Å². The smallest absolute Gasteiger partial charge is 0.182 e. The molecule has 3 nitrogen and oxygen atoms in total. The molecule has 0 heterocycles. The number of hydrogen-bond donors (Lipinski definition) is 1. The molecule has 2 N–H and O–H groups in total. The Kier molecular flexibility index (Phi) is 4.21. The Morgan fingerprint density at radius 1 is 1.31 bits per heavy atom. The van der Waals surface area contributed by atoms with E-state index in [1.807, 2.05) is 13.8 Å². The van der Waals surface area contributed by atoms with Crippen LogP contribution < -0.4 is 5.73 Å². The molecule has 0 fully saturated rings. The standard InChI is InChI=1S/C11H16ClNO2S/c1-3-9(4-2)16(14,15)11-6-5-8(13)7-10(11)12/h5-7,9H,3-4,13H2,1-2H3. The van der Waals surface area contributed by atoms with Gasteiger partial charge in [0.15, 0.2) is 9.84 Å². The molecule has 0 spiro atoms. The van der Waals surface area contributed by atoms with Crippen molar-refractivity contribution in [1.29, 1.82) is 0 Å². The molecule has 0 unspecified atom stereocenters. The van der Waals surface area contributed by atoms with Crippen molar-refractivity contribution in [3.63, 3.8) is 0 Å². The van der Waals surface area contributed by atoms with Gasteiger partial charge in [-0.25, -0.2) is 8.42 Å². The highest BCUT2D eigenvalue weighted by Gasteiger charge is 2.26. The fourth-order valence-electron chi connectivity index (χ4n) is 1.65. The largest absolute Gasteiger partial charge is 0.399 e. The van der Waals surface area contributed by atoms with Crippen molar-refractivity contribution in [2.24, 2.45) is 0 Å². The molecule has 0 atom stereocenters. The average molecular weight is 262 g/mol. The Balaban J connectivity index is 3.27. The van der Waals surface area contributed by atoms with Crippen LogP contribution >= 0.6 is 11.6 Å². The molecule has 0 aliphatic rings. The molecule has 0 bridgehead atoms. The molecule has 90 valence electrons. The summed E-state index contributed by atoms with van der Waals surface area (Å²) in [5, 5.41) is -0.180. The molecule has 16 heavy (non-hydrogen) atoms. The average Bonchev–Trinajstić information content (AvgIpc) is 2.18. The molecule has 0 saturated heterocycles. The van der Waals surface area contributed by atoms with Gasteiger partial charge in [0.25, 0.3) is 0 Å². The summed E-state index contributed by atoms with van der Waals surface area (Å²) in [7, 11) is -3.34. The highest BCUT2D eigenvalue weighted by Crippen LogP contribution is 2.28. The first-order chi connectivity index (χ1) is 7.43. The molecule has 0 amide bonds. The zero-order valence-electron chi connectivity index (χ0n) is 9.40. The monoisotopic (exact) mass is 261 g/mol. The van der Waals surface area contributed by atoms with Gasteiger partial charge in [0.1, 0.15) is 0 Å². The van der Waals surface area contributed by atoms with Crippen LogP contribution in [0.2, 0.25) is 5.02 Å². The van der Waals surface area contributed by atoms with Crippen LogP contribution in [-0.2, 0) is 9.84 Å². The fourth-order valence-corrected chi connectivity index (χ4v) is 3.99. The van der Waals surface area contributed by atoms with Crippen molar-refractivity contribution < 1.29 is 8.42 Å². The first kappa shape index (κ1) is 13.3. The number of hydrogen-bond acceptors (Lipinski definition) is 3. The summed E-state index contributed by atoms with van der Waals surface area (Å²) in [4.78, 5) is 0.178. The third-order valence-electron chi connectivity index (χ3n) is 2.61. The van der Waals surface area contributed by atoms with Crippen molar-refractivity contribution >= 4 is 27.1 Å². The van der Waals surface area contributed by atoms with Crippen LogP contribution in [0.5, 0.6) is 0 Å².